The van der Waals surface area contributed by atoms with E-state index in [0.717, 1.165) is 0 Å². The number of rotatable bonds is 6. The van der Waals surface area contributed by atoms with Crippen LogP contribution in [0.4, 0.5) is 33.6 Å². The molecule has 4 unspecified atom stereocenters. The maximum atomic E-state index is 14.8. The van der Waals surface area contributed by atoms with Crippen molar-refractivity contribution in [1.82, 2.24) is 34.9 Å². The molecule has 1 amide bonds. The average Bonchev–Trinajstić information content (AvgIpc) is 3.52. The number of hydrogen-bond acceptors (Lipinski definition) is 9. The quantitative estimate of drug-likeness (QED) is 0.374. The number of aryl methyl sites for hydroxylation is 1. The number of fused-ring (bicyclic) bond motifs is 2. The Kier molecular flexibility index (Phi) is 5.33. The van der Waals surface area contributed by atoms with Crippen LogP contribution >= 0.6 is 0 Å². The Morgan fingerprint density at radius 1 is 1.14 bits per heavy atom. The SMILES string of the molecule is Cc1nnc(C2(C)C(=O)Nc3nc(-c4nn(C(F)C(F)C(F)C(F)F)c5ncccc45)nc(N)c32)o1. The third-order valence-electron chi connectivity index (χ3n) is 5.80. The smallest absolute Gasteiger partial charge is 0.272 e. The number of alkyl halides is 5. The Morgan fingerprint density at radius 2 is 1.89 bits per heavy atom. The zero-order chi connectivity index (χ0) is 25.9. The number of carbonyl (C=O) groups excluding carboxylic acids is 1. The van der Waals surface area contributed by atoms with Gasteiger partial charge in [-0.1, -0.05) is 0 Å². The molecule has 0 saturated carbocycles. The van der Waals surface area contributed by atoms with Crippen molar-refractivity contribution in [2.45, 2.75) is 44.3 Å². The summed E-state index contributed by atoms with van der Waals surface area (Å²) >= 11 is 0. The number of carbonyl (C=O) groups is 1. The first kappa shape index (κ1) is 23.5. The van der Waals surface area contributed by atoms with E-state index in [-0.39, 0.29) is 51.5 Å². The van der Waals surface area contributed by atoms with E-state index in [1.165, 1.54) is 25.3 Å². The Bertz CT molecular complexity index is 1490. The molecule has 1 aliphatic rings. The van der Waals surface area contributed by atoms with E-state index >= 15 is 0 Å². The second-order valence-corrected chi connectivity index (χ2v) is 8.13. The second kappa shape index (κ2) is 8.17. The number of nitrogen functional groups attached to an aromatic ring is 1. The number of anilines is 2. The summed E-state index contributed by atoms with van der Waals surface area (Å²) in [6.07, 6.45) is -12.1. The predicted octanol–water partition coefficient (Wildman–Crippen LogP) is 2.83. The van der Waals surface area contributed by atoms with Gasteiger partial charge in [0.15, 0.2) is 29.2 Å². The molecule has 0 spiro atoms. The highest BCUT2D eigenvalue weighted by molar-refractivity contribution is 6.08. The van der Waals surface area contributed by atoms with Crippen LogP contribution in [0.2, 0.25) is 0 Å². The lowest BCUT2D eigenvalue weighted by atomic mass is 9.84. The van der Waals surface area contributed by atoms with E-state index in [1.807, 2.05) is 0 Å². The van der Waals surface area contributed by atoms with E-state index in [1.54, 1.807) is 6.92 Å². The van der Waals surface area contributed by atoms with Crippen LogP contribution in [0.3, 0.4) is 0 Å². The molecule has 16 heteroatoms. The van der Waals surface area contributed by atoms with Crippen molar-refractivity contribution in [2.24, 2.45) is 0 Å². The van der Waals surface area contributed by atoms with Gasteiger partial charge in [-0.05, 0) is 19.1 Å². The minimum absolute atomic E-state index is 0.0193. The first-order chi connectivity index (χ1) is 17.0. The van der Waals surface area contributed by atoms with Crippen molar-refractivity contribution < 1.29 is 31.2 Å². The highest BCUT2D eigenvalue weighted by Crippen LogP contribution is 2.44. The summed E-state index contributed by atoms with van der Waals surface area (Å²) in [6.45, 7) is 3.03. The number of amides is 1. The molecule has 3 N–H and O–H groups in total. The van der Waals surface area contributed by atoms with Gasteiger partial charge in [0.25, 0.3) is 6.43 Å². The lowest BCUT2D eigenvalue weighted by Gasteiger charge is -2.18. The lowest BCUT2D eigenvalue weighted by Crippen LogP contribution is -2.33. The first-order valence-corrected chi connectivity index (χ1v) is 10.4. The summed E-state index contributed by atoms with van der Waals surface area (Å²) < 4.78 is 73.5. The molecule has 5 heterocycles. The first-order valence-electron chi connectivity index (χ1n) is 10.4. The fourth-order valence-electron chi connectivity index (χ4n) is 3.95. The second-order valence-electron chi connectivity index (χ2n) is 8.13. The van der Waals surface area contributed by atoms with Gasteiger partial charge in [-0.2, -0.15) is 5.10 Å². The van der Waals surface area contributed by atoms with E-state index in [4.69, 9.17) is 10.2 Å². The fraction of sp³-hybridized carbons (Fsp3) is 0.350. The van der Waals surface area contributed by atoms with Crippen LogP contribution in [0, 0.1) is 6.92 Å². The van der Waals surface area contributed by atoms with Crippen LogP contribution in [0.15, 0.2) is 22.7 Å². The van der Waals surface area contributed by atoms with Crippen LogP contribution < -0.4 is 11.1 Å². The van der Waals surface area contributed by atoms with Crippen molar-refractivity contribution in [2.75, 3.05) is 11.1 Å². The molecule has 0 fully saturated rings. The van der Waals surface area contributed by atoms with Gasteiger partial charge >= 0.3 is 0 Å². The van der Waals surface area contributed by atoms with E-state index in [9.17, 15) is 26.7 Å². The van der Waals surface area contributed by atoms with Gasteiger partial charge in [-0.3, -0.25) is 4.79 Å². The van der Waals surface area contributed by atoms with Crippen molar-refractivity contribution in [3.05, 3.63) is 35.7 Å². The Hall–Kier alpha value is -4.24. The maximum absolute atomic E-state index is 14.8. The van der Waals surface area contributed by atoms with Gasteiger partial charge in [0.1, 0.15) is 17.3 Å². The molecular weight excluding hydrogens is 493 g/mol. The Labute approximate surface area is 197 Å². The van der Waals surface area contributed by atoms with Crippen LogP contribution in [-0.4, -0.2) is 59.6 Å². The van der Waals surface area contributed by atoms with E-state index < -0.39 is 36.4 Å². The third kappa shape index (κ3) is 3.35. The van der Waals surface area contributed by atoms with Crippen LogP contribution in [0.25, 0.3) is 22.6 Å². The Morgan fingerprint density at radius 3 is 2.56 bits per heavy atom. The van der Waals surface area contributed by atoms with Gasteiger partial charge in [0.2, 0.25) is 24.0 Å². The molecule has 4 aromatic rings. The highest BCUT2D eigenvalue weighted by Gasteiger charge is 2.51. The number of nitrogens with one attached hydrogen (secondary N) is 1. The molecular formula is C20H16F5N9O2. The normalized spacial score (nSPS) is 19.9. The van der Waals surface area contributed by atoms with E-state index in [0.29, 0.717) is 4.68 Å². The van der Waals surface area contributed by atoms with Gasteiger partial charge < -0.3 is 15.5 Å². The molecule has 4 aromatic heterocycles. The highest BCUT2D eigenvalue weighted by atomic mass is 19.3. The average molecular weight is 509 g/mol. The molecule has 5 rings (SSSR count). The van der Waals surface area contributed by atoms with Gasteiger partial charge in [-0.25, -0.2) is 41.6 Å². The van der Waals surface area contributed by atoms with Crippen molar-refractivity contribution in [3.8, 4) is 11.5 Å². The molecule has 0 bridgehead atoms. The molecule has 0 radical (unpaired) electrons. The lowest BCUT2D eigenvalue weighted by molar-refractivity contribution is -0.119. The molecule has 36 heavy (non-hydrogen) atoms. The van der Waals surface area contributed by atoms with Crippen molar-refractivity contribution >= 4 is 28.6 Å². The summed E-state index contributed by atoms with van der Waals surface area (Å²) in [5.74, 6) is -0.840. The van der Waals surface area contributed by atoms with Crippen LogP contribution in [0.1, 0.15) is 30.6 Å². The molecule has 1 aliphatic heterocycles. The number of aromatic nitrogens is 7. The van der Waals surface area contributed by atoms with Crippen molar-refractivity contribution in [3.63, 3.8) is 0 Å². The number of nitrogens with two attached hydrogens (primary N) is 1. The largest absolute Gasteiger partial charge is 0.424 e. The summed E-state index contributed by atoms with van der Waals surface area (Å²) in [4.78, 5) is 25.2. The van der Waals surface area contributed by atoms with Gasteiger partial charge in [0, 0.05) is 13.1 Å². The van der Waals surface area contributed by atoms with Gasteiger partial charge in [0.05, 0.1) is 10.9 Å². The summed E-state index contributed by atoms with van der Waals surface area (Å²) in [5, 5.41) is 14.2. The number of pyridine rings is 1. The fourth-order valence-corrected chi connectivity index (χ4v) is 3.95. The van der Waals surface area contributed by atoms with E-state index in [2.05, 4.69) is 35.6 Å². The van der Waals surface area contributed by atoms with Crippen LogP contribution in [-0.2, 0) is 10.2 Å². The predicted molar refractivity (Wildman–Crippen MR) is 113 cm³/mol. The third-order valence-corrected chi connectivity index (χ3v) is 5.80. The minimum Gasteiger partial charge on any atom is -0.424 e. The zero-order valence-corrected chi connectivity index (χ0v) is 18.5. The monoisotopic (exact) mass is 509 g/mol. The summed E-state index contributed by atoms with van der Waals surface area (Å²) in [5.41, 5.74) is 4.37. The number of nitrogens with zero attached hydrogens (tertiary/aromatic N) is 7. The zero-order valence-electron chi connectivity index (χ0n) is 18.5. The molecule has 11 nitrogen and oxygen atoms in total. The molecule has 0 aliphatic carbocycles. The molecule has 0 saturated heterocycles. The Balaban J connectivity index is 1.63. The maximum Gasteiger partial charge on any atom is 0.272 e. The summed E-state index contributed by atoms with van der Waals surface area (Å²) in [7, 11) is 0. The number of hydrogen-bond donors (Lipinski definition) is 2. The summed E-state index contributed by atoms with van der Waals surface area (Å²) in [6, 6.07) is 2.86. The van der Waals surface area contributed by atoms with Gasteiger partial charge in [-0.15, -0.1) is 10.2 Å². The van der Waals surface area contributed by atoms with Crippen molar-refractivity contribution in [1.29, 1.82) is 0 Å². The minimum atomic E-state index is -3.74. The standard InChI is InChI=1S/C20H16F5N9O2/c1-6-31-32-19(36-6)20(2)8-14(26)28-16(29-15(8)30-18(20)35)11-7-4-3-5-27-17(7)34(33-11)13(25)10(22)9(21)12(23)24/h3-5,9-10,12-13H,1-2H3,(H3,26,28,29,30,35). The molecule has 4 atom stereocenters. The molecule has 188 valence electrons. The number of halogens is 5. The topological polar surface area (TPSA) is 151 Å². The molecule has 0 aromatic carbocycles. The van der Waals surface area contributed by atoms with Crippen LogP contribution in [0.5, 0.6) is 0 Å².